The predicted molar refractivity (Wildman–Crippen MR) is 66.2 cm³/mol. The number of hydrogen-bond donors (Lipinski definition) is 0. The summed E-state index contributed by atoms with van der Waals surface area (Å²) < 4.78 is 5.61. The fourth-order valence-corrected chi connectivity index (χ4v) is 1.43. The van der Waals surface area contributed by atoms with E-state index in [0.29, 0.717) is 5.88 Å². The Labute approximate surface area is 96.8 Å². The topological polar surface area (TPSA) is 12.5 Å². The van der Waals surface area contributed by atoms with Crippen LogP contribution in [0.4, 0.5) is 5.69 Å². The summed E-state index contributed by atoms with van der Waals surface area (Å²) in [5.41, 5.74) is 1.16. The van der Waals surface area contributed by atoms with Crippen LogP contribution in [0, 0.1) is 0 Å². The lowest BCUT2D eigenvalue weighted by Gasteiger charge is -2.13. The Bertz CT molecular complexity index is 289. The van der Waals surface area contributed by atoms with Gasteiger partial charge < -0.3 is 9.64 Å². The molecule has 0 spiro atoms. The molecule has 0 aliphatic rings. The first-order valence-corrected chi connectivity index (χ1v) is 5.73. The van der Waals surface area contributed by atoms with Gasteiger partial charge in [-0.3, -0.25) is 0 Å². The second kappa shape index (κ2) is 6.57. The van der Waals surface area contributed by atoms with Crippen molar-refractivity contribution in [2.45, 2.75) is 12.8 Å². The molecule has 0 aliphatic heterocycles. The number of benzene rings is 1. The first-order valence-electron chi connectivity index (χ1n) is 5.20. The Morgan fingerprint density at radius 3 is 2.73 bits per heavy atom. The van der Waals surface area contributed by atoms with Crippen molar-refractivity contribution < 1.29 is 4.74 Å². The maximum Gasteiger partial charge on any atom is 0.121 e. The minimum absolute atomic E-state index is 0.709. The van der Waals surface area contributed by atoms with E-state index in [2.05, 4.69) is 11.0 Å². The Kier molecular flexibility index (Phi) is 5.33. The molecule has 0 saturated carbocycles. The molecule has 0 bridgehead atoms. The van der Waals surface area contributed by atoms with Gasteiger partial charge in [-0.1, -0.05) is 6.07 Å². The molecule has 1 rings (SSSR count). The Morgan fingerprint density at radius 2 is 2.07 bits per heavy atom. The Morgan fingerprint density at radius 1 is 1.27 bits per heavy atom. The SMILES string of the molecule is CN(C)c1cccc(OCCCCCl)c1. The fraction of sp³-hybridized carbons (Fsp3) is 0.500. The molecule has 0 atom stereocenters. The summed E-state index contributed by atoms with van der Waals surface area (Å²) in [4.78, 5) is 2.06. The third-order valence-corrected chi connectivity index (χ3v) is 2.40. The molecule has 0 unspecified atom stereocenters. The average molecular weight is 228 g/mol. The zero-order chi connectivity index (χ0) is 11.1. The van der Waals surface area contributed by atoms with Crippen LogP contribution in [0.3, 0.4) is 0 Å². The number of nitrogens with zero attached hydrogens (tertiary/aromatic N) is 1. The highest BCUT2D eigenvalue weighted by Crippen LogP contribution is 2.19. The highest BCUT2D eigenvalue weighted by atomic mass is 35.5. The van der Waals surface area contributed by atoms with Crippen molar-refractivity contribution in [1.82, 2.24) is 0 Å². The van der Waals surface area contributed by atoms with Crippen LogP contribution < -0.4 is 9.64 Å². The Hall–Kier alpha value is -0.890. The quantitative estimate of drug-likeness (QED) is 0.547. The number of ether oxygens (including phenoxy) is 1. The first-order chi connectivity index (χ1) is 7.24. The summed E-state index contributed by atoms with van der Waals surface area (Å²) in [5.74, 6) is 1.64. The minimum atomic E-state index is 0.709. The molecule has 0 N–H and O–H groups in total. The molecule has 3 heteroatoms. The van der Waals surface area contributed by atoms with E-state index >= 15 is 0 Å². The van der Waals surface area contributed by atoms with Gasteiger partial charge in [0.25, 0.3) is 0 Å². The number of unbranched alkanes of at least 4 members (excludes halogenated alkanes) is 1. The number of rotatable bonds is 6. The molecule has 84 valence electrons. The highest BCUT2D eigenvalue weighted by molar-refractivity contribution is 6.17. The number of halogens is 1. The van der Waals surface area contributed by atoms with Crippen LogP contribution in [0.1, 0.15) is 12.8 Å². The van der Waals surface area contributed by atoms with Crippen molar-refractivity contribution in [1.29, 1.82) is 0 Å². The predicted octanol–water partition coefficient (Wildman–Crippen LogP) is 3.15. The molecule has 0 amide bonds. The van der Waals surface area contributed by atoms with Gasteiger partial charge in [0.2, 0.25) is 0 Å². The number of alkyl halides is 1. The molecule has 0 fully saturated rings. The summed E-state index contributed by atoms with van der Waals surface area (Å²) in [6.45, 7) is 0.740. The second-order valence-corrected chi connectivity index (χ2v) is 4.01. The molecule has 0 saturated heterocycles. The van der Waals surface area contributed by atoms with Gasteiger partial charge in [0.1, 0.15) is 5.75 Å². The van der Waals surface area contributed by atoms with Crippen LogP contribution in [0.5, 0.6) is 5.75 Å². The van der Waals surface area contributed by atoms with Crippen LogP contribution in [0.2, 0.25) is 0 Å². The van der Waals surface area contributed by atoms with Gasteiger partial charge in [-0.25, -0.2) is 0 Å². The van der Waals surface area contributed by atoms with Crippen molar-refractivity contribution in [2.75, 3.05) is 31.5 Å². The molecular weight excluding hydrogens is 210 g/mol. The summed E-state index contributed by atoms with van der Waals surface area (Å²) in [6.07, 6.45) is 2.02. The third-order valence-electron chi connectivity index (χ3n) is 2.13. The van der Waals surface area contributed by atoms with Crippen molar-refractivity contribution in [3.05, 3.63) is 24.3 Å². The van der Waals surface area contributed by atoms with Crippen molar-refractivity contribution in [3.63, 3.8) is 0 Å². The number of hydrogen-bond acceptors (Lipinski definition) is 2. The van der Waals surface area contributed by atoms with E-state index in [1.165, 1.54) is 0 Å². The molecule has 0 heterocycles. The van der Waals surface area contributed by atoms with Crippen molar-refractivity contribution >= 4 is 17.3 Å². The van der Waals surface area contributed by atoms with Crippen LogP contribution >= 0.6 is 11.6 Å². The van der Waals surface area contributed by atoms with Gasteiger partial charge in [0.05, 0.1) is 6.61 Å². The van der Waals surface area contributed by atoms with Gasteiger partial charge in [0.15, 0.2) is 0 Å². The van der Waals surface area contributed by atoms with Gasteiger partial charge in [-0.2, -0.15) is 0 Å². The van der Waals surface area contributed by atoms with Crippen molar-refractivity contribution in [2.24, 2.45) is 0 Å². The lowest BCUT2D eigenvalue weighted by atomic mass is 10.3. The summed E-state index contributed by atoms with van der Waals surface area (Å²) >= 11 is 5.59. The summed E-state index contributed by atoms with van der Waals surface area (Å²) in [5, 5.41) is 0. The van der Waals surface area contributed by atoms with Gasteiger partial charge in [-0.15, -0.1) is 11.6 Å². The lowest BCUT2D eigenvalue weighted by molar-refractivity contribution is 0.310. The molecule has 0 aliphatic carbocycles. The second-order valence-electron chi connectivity index (χ2n) is 3.64. The van der Waals surface area contributed by atoms with Crippen LogP contribution in [-0.2, 0) is 0 Å². The monoisotopic (exact) mass is 227 g/mol. The lowest BCUT2D eigenvalue weighted by Crippen LogP contribution is -2.08. The Balaban J connectivity index is 2.43. The number of anilines is 1. The van der Waals surface area contributed by atoms with Gasteiger partial charge in [0, 0.05) is 31.7 Å². The van der Waals surface area contributed by atoms with Gasteiger partial charge in [-0.05, 0) is 25.0 Å². The molecule has 2 nitrogen and oxygen atoms in total. The van der Waals surface area contributed by atoms with E-state index in [4.69, 9.17) is 16.3 Å². The van der Waals surface area contributed by atoms with E-state index in [1.54, 1.807) is 0 Å². The van der Waals surface area contributed by atoms with E-state index in [-0.39, 0.29) is 0 Å². The molecule has 1 aromatic rings. The van der Waals surface area contributed by atoms with Crippen LogP contribution in [-0.4, -0.2) is 26.6 Å². The van der Waals surface area contributed by atoms with E-state index in [1.807, 2.05) is 32.3 Å². The smallest absolute Gasteiger partial charge is 0.121 e. The molecule has 0 radical (unpaired) electrons. The highest BCUT2D eigenvalue weighted by Gasteiger charge is 1.98. The van der Waals surface area contributed by atoms with Crippen LogP contribution in [0.25, 0.3) is 0 Å². The third kappa shape index (κ3) is 4.43. The van der Waals surface area contributed by atoms with E-state index in [9.17, 15) is 0 Å². The first kappa shape index (κ1) is 12.2. The fourth-order valence-electron chi connectivity index (χ4n) is 1.24. The zero-order valence-electron chi connectivity index (χ0n) is 9.37. The maximum atomic E-state index is 5.61. The van der Waals surface area contributed by atoms with Gasteiger partial charge >= 0.3 is 0 Å². The van der Waals surface area contributed by atoms with E-state index in [0.717, 1.165) is 30.9 Å². The summed E-state index contributed by atoms with van der Waals surface area (Å²) in [7, 11) is 4.04. The normalized spacial score (nSPS) is 10.1. The minimum Gasteiger partial charge on any atom is -0.494 e. The van der Waals surface area contributed by atoms with Crippen molar-refractivity contribution in [3.8, 4) is 5.75 Å². The van der Waals surface area contributed by atoms with Crippen LogP contribution in [0.15, 0.2) is 24.3 Å². The zero-order valence-corrected chi connectivity index (χ0v) is 10.1. The summed E-state index contributed by atoms with van der Waals surface area (Å²) in [6, 6.07) is 8.09. The standard InChI is InChI=1S/C12H18ClNO/c1-14(2)11-6-5-7-12(10-11)15-9-4-3-8-13/h5-7,10H,3-4,8-9H2,1-2H3. The molecule has 1 aromatic carbocycles. The van der Waals surface area contributed by atoms with E-state index < -0.39 is 0 Å². The molecule has 15 heavy (non-hydrogen) atoms. The molecular formula is C12H18ClNO. The molecule has 0 aromatic heterocycles. The average Bonchev–Trinajstić information content (AvgIpc) is 2.25. The largest absolute Gasteiger partial charge is 0.494 e. The maximum absolute atomic E-state index is 5.61.